The molecule has 1 saturated heterocycles. The number of likely N-dealkylation sites (tertiary alicyclic amines) is 1. The highest BCUT2D eigenvalue weighted by Gasteiger charge is 2.24. The fourth-order valence-electron chi connectivity index (χ4n) is 2.95. The van der Waals surface area contributed by atoms with Gasteiger partial charge in [-0.25, -0.2) is 0 Å². The van der Waals surface area contributed by atoms with Gasteiger partial charge in [0.25, 0.3) is 0 Å². The van der Waals surface area contributed by atoms with Gasteiger partial charge in [-0.2, -0.15) is 0 Å². The van der Waals surface area contributed by atoms with Gasteiger partial charge in [0.05, 0.1) is 6.04 Å². The molecule has 0 amide bonds. The Morgan fingerprint density at radius 2 is 2.00 bits per heavy atom. The van der Waals surface area contributed by atoms with Gasteiger partial charge in [-0.05, 0) is 58.2 Å². The molecule has 1 aliphatic heterocycles. The summed E-state index contributed by atoms with van der Waals surface area (Å²) in [5.41, 5.74) is 7.20. The molecule has 1 heterocycles. The highest BCUT2D eigenvalue weighted by Crippen LogP contribution is 2.33. The monoisotopic (exact) mass is 325 g/mol. The van der Waals surface area contributed by atoms with Crippen molar-refractivity contribution in [2.24, 2.45) is 5.73 Å². The fraction of sp³-hybridized carbons (Fsp3) is 0.647. The molecule has 2 N–H and O–H groups in total. The minimum absolute atomic E-state index is 0.188. The van der Waals surface area contributed by atoms with Crippen LogP contribution in [-0.4, -0.2) is 56.7 Å². The second kappa shape index (κ2) is 8.73. The normalized spacial score (nSPS) is 17.7. The van der Waals surface area contributed by atoms with Crippen LogP contribution in [0.25, 0.3) is 0 Å². The molecule has 1 aromatic carbocycles. The topological polar surface area (TPSA) is 41.7 Å². The molecule has 1 atom stereocenters. The number of piperidine rings is 1. The van der Waals surface area contributed by atoms with Crippen molar-refractivity contribution < 1.29 is 4.74 Å². The van der Waals surface area contributed by atoms with Gasteiger partial charge in [-0.15, -0.1) is 0 Å². The summed E-state index contributed by atoms with van der Waals surface area (Å²) in [7, 11) is 4.09. The average molecular weight is 326 g/mol. The molecular formula is C17H28ClN3O. The number of nitrogens with two attached hydrogens (primary N) is 1. The van der Waals surface area contributed by atoms with Crippen molar-refractivity contribution in [1.82, 2.24) is 9.80 Å². The van der Waals surface area contributed by atoms with Gasteiger partial charge in [0, 0.05) is 23.7 Å². The Hall–Kier alpha value is -0.810. The second-order valence-corrected chi connectivity index (χ2v) is 6.62. The Kier molecular flexibility index (Phi) is 6.96. The molecule has 1 unspecified atom stereocenters. The smallest absolute Gasteiger partial charge is 0.124 e. The SMILES string of the molecule is CN(C)CCOc1ccc(Cl)cc1C(CN)N1CCCCC1. The van der Waals surface area contributed by atoms with Gasteiger partial charge in [0.2, 0.25) is 0 Å². The largest absolute Gasteiger partial charge is 0.492 e. The second-order valence-electron chi connectivity index (χ2n) is 6.18. The Bertz CT molecular complexity index is 461. The molecular weight excluding hydrogens is 298 g/mol. The van der Waals surface area contributed by atoms with Crippen molar-refractivity contribution in [1.29, 1.82) is 0 Å². The molecule has 2 rings (SSSR count). The number of hydrogen-bond donors (Lipinski definition) is 1. The maximum atomic E-state index is 6.22. The Morgan fingerprint density at radius 1 is 1.27 bits per heavy atom. The number of nitrogens with zero attached hydrogens (tertiary/aromatic N) is 2. The summed E-state index contributed by atoms with van der Waals surface area (Å²) in [5.74, 6) is 0.910. The van der Waals surface area contributed by atoms with Gasteiger partial charge in [-0.3, -0.25) is 4.90 Å². The van der Waals surface area contributed by atoms with Gasteiger partial charge in [-0.1, -0.05) is 18.0 Å². The zero-order chi connectivity index (χ0) is 15.9. The summed E-state index contributed by atoms with van der Waals surface area (Å²) in [6.45, 7) is 4.35. The van der Waals surface area contributed by atoms with E-state index >= 15 is 0 Å². The van der Waals surface area contributed by atoms with Crippen molar-refractivity contribution in [3.8, 4) is 5.75 Å². The van der Waals surface area contributed by atoms with E-state index in [4.69, 9.17) is 22.1 Å². The number of likely N-dealkylation sites (N-methyl/N-ethyl adjacent to an activating group) is 1. The van der Waals surface area contributed by atoms with E-state index in [1.165, 1.54) is 19.3 Å². The van der Waals surface area contributed by atoms with Gasteiger partial charge in [0.1, 0.15) is 12.4 Å². The van der Waals surface area contributed by atoms with E-state index < -0.39 is 0 Å². The van der Waals surface area contributed by atoms with E-state index in [-0.39, 0.29) is 6.04 Å². The maximum absolute atomic E-state index is 6.22. The van der Waals surface area contributed by atoms with Crippen LogP contribution in [-0.2, 0) is 0 Å². The first-order valence-electron chi connectivity index (χ1n) is 8.13. The predicted molar refractivity (Wildman–Crippen MR) is 92.7 cm³/mol. The molecule has 0 aromatic heterocycles. The van der Waals surface area contributed by atoms with E-state index in [2.05, 4.69) is 9.80 Å². The highest BCUT2D eigenvalue weighted by molar-refractivity contribution is 6.30. The number of benzene rings is 1. The lowest BCUT2D eigenvalue weighted by atomic mass is 10.0. The fourth-order valence-corrected chi connectivity index (χ4v) is 3.13. The lowest BCUT2D eigenvalue weighted by Gasteiger charge is -2.35. The van der Waals surface area contributed by atoms with Crippen LogP contribution in [0.1, 0.15) is 30.9 Å². The first-order valence-corrected chi connectivity index (χ1v) is 8.50. The minimum Gasteiger partial charge on any atom is -0.492 e. The van der Waals surface area contributed by atoms with Crippen molar-refractivity contribution in [2.45, 2.75) is 25.3 Å². The standard InChI is InChI=1S/C17H28ClN3O/c1-20(2)10-11-22-17-7-6-14(18)12-15(17)16(13-19)21-8-4-3-5-9-21/h6-7,12,16H,3-5,8-11,13,19H2,1-2H3. The van der Waals surface area contributed by atoms with Gasteiger partial charge < -0.3 is 15.4 Å². The molecule has 1 aromatic rings. The first kappa shape index (κ1) is 17.5. The number of ether oxygens (including phenoxy) is 1. The van der Waals surface area contributed by atoms with E-state index in [9.17, 15) is 0 Å². The summed E-state index contributed by atoms with van der Waals surface area (Å²) in [6, 6.07) is 6.06. The van der Waals surface area contributed by atoms with E-state index in [1.807, 2.05) is 32.3 Å². The van der Waals surface area contributed by atoms with Gasteiger partial charge in [0.15, 0.2) is 0 Å². The van der Waals surface area contributed by atoms with Crippen molar-refractivity contribution >= 4 is 11.6 Å². The number of hydrogen-bond acceptors (Lipinski definition) is 4. The zero-order valence-corrected chi connectivity index (χ0v) is 14.5. The van der Waals surface area contributed by atoms with Crippen LogP contribution in [0.5, 0.6) is 5.75 Å². The van der Waals surface area contributed by atoms with Crippen LogP contribution < -0.4 is 10.5 Å². The van der Waals surface area contributed by atoms with E-state index in [1.54, 1.807) is 0 Å². The molecule has 0 radical (unpaired) electrons. The Balaban J connectivity index is 2.16. The molecule has 0 saturated carbocycles. The Labute approximate surface area is 139 Å². The molecule has 1 aliphatic rings. The van der Waals surface area contributed by atoms with E-state index in [0.29, 0.717) is 13.2 Å². The van der Waals surface area contributed by atoms with Gasteiger partial charge >= 0.3 is 0 Å². The quantitative estimate of drug-likeness (QED) is 0.837. The molecule has 4 nitrogen and oxygen atoms in total. The molecule has 124 valence electrons. The molecule has 0 aliphatic carbocycles. The summed E-state index contributed by atoms with van der Waals surface area (Å²) < 4.78 is 5.99. The molecule has 22 heavy (non-hydrogen) atoms. The van der Waals surface area contributed by atoms with Crippen molar-refractivity contribution in [2.75, 3.05) is 46.9 Å². The van der Waals surface area contributed by atoms with Crippen LogP contribution in [0.3, 0.4) is 0 Å². The summed E-state index contributed by atoms with van der Waals surface area (Å²) in [4.78, 5) is 4.58. The van der Waals surface area contributed by atoms with E-state index in [0.717, 1.165) is 36.0 Å². The number of rotatable bonds is 7. The lowest BCUT2D eigenvalue weighted by molar-refractivity contribution is 0.162. The third-order valence-corrected chi connectivity index (χ3v) is 4.42. The summed E-state index contributed by atoms with van der Waals surface area (Å²) in [5, 5.41) is 0.741. The first-order chi connectivity index (χ1) is 10.6. The third kappa shape index (κ3) is 4.85. The minimum atomic E-state index is 0.188. The van der Waals surface area contributed by atoms with Crippen LogP contribution in [0.4, 0.5) is 0 Å². The Morgan fingerprint density at radius 3 is 2.64 bits per heavy atom. The zero-order valence-electron chi connectivity index (χ0n) is 13.7. The molecule has 0 bridgehead atoms. The summed E-state index contributed by atoms with van der Waals surface area (Å²) >= 11 is 6.22. The van der Waals surface area contributed by atoms with Crippen LogP contribution in [0, 0.1) is 0 Å². The van der Waals surface area contributed by atoms with Crippen LogP contribution in [0.15, 0.2) is 18.2 Å². The van der Waals surface area contributed by atoms with Crippen LogP contribution >= 0.6 is 11.6 Å². The molecule has 0 spiro atoms. The average Bonchev–Trinajstić information content (AvgIpc) is 2.51. The number of halogens is 1. The van der Waals surface area contributed by atoms with Crippen molar-refractivity contribution in [3.63, 3.8) is 0 Å². The van der Waals surface area contributed by atoms with Crippen molar-refractivity contribution in [3.05, 3.63) is 28.8 Å². The predicted octanol–water partition coefficient (Wildman–Crippen LogP) is 2.77. The third-order valence-electron chi connectivity index (χ3n) is 4.18. The lowest BCUT2D eigenvalue weighted by Crippen LogP contribution is -2.37. The van der Waals surface area contributed by atoms with Crippen LogP contribution in [0.2, 0.25) is 5.02 Å². The molecule has 1 fully saturated rings. The molecule has 5 heteroatoms. The highest BCUT2D eigenvalue weighted by atomic mass is 35.5. The maximum Gasteiger partial charge on any atom is 0.124 e. The summed E-state index contributed by atoms with van der Waals surface area (Å²) in [6.07, 6.45) is 3.80.